The van der Waals surface area contributed by atoms with Gasteiger partial charge in [0.2, 0.25) is 0 Å². The number of rotatable bonds is 4. The molecule has 0 aromatic rings. The van der Waals surface area contributed by atoms with Crippen molar-refractivity contribution < 1.29 is 14.9 Å². The molecule has 2 N–H and O–H groups in total. The fourth-order valence-corrected chi connectivity index (χ4v) is 4.12. The summed E-state index contributed by atoms with van der Waals surface area (Å²) in [5, 5.41) is 20.7. The Morgan fingerprint density at radius 2 is 1.40 bits per heavy atom. The summed E-state index contributed by atoms with van der Waals surface area (Å²) in [4.78, 5) is 0. The maximum atomic E-state index is 10.7. The summed E-state index contributed by atoms with van der Waals surface area (Å²) in [5.74, 6) is 0.557. The molecule has 0 radical (unpaired) electrons. The summed E-state index contributed by atoms with van der Waals surface area (Å²) in [6.45, 7) is 16.7. The lowest BCUT2D eigenvalue weighted by Gasteiger charge is -2.52. The maximum absolute atomic E-state index is 10.7. The van der Waals surface area contributed by atoms with Crippen molar-refractivity contribution in [3.05, 3.63) is 0 Å². The molecule has 1 aliphatic rings. The van der Waals surface area contributed by atoms with Gasteiger partial charge >= 0.3 is 0 Å². The van der Waals surface area contributed by atoms with E-state index < -0.39 is 18.0 Å². The first-order valence-electron chi connectivity index (χ1n) is 7.83. The topological polar surface area (TPSA) is 49.7 Å². The second-order valence-electron chi connectivity index (χ2n) is 8.97. The first-order chi connectivity index (χ1) is 8.79. The van der Waals surface area contributed by atoms with Crippen molar-refractivity contribution >= 4 is 0 Å². The molecule has 1 fully saturated rings. The summed E-state index contributed by atoms with van der Waals surface area (Å²) in [6, 6.07) is 0. The second-order valence-corrected chi connectivity index (χ2v) is 8.97. The van der Waals surface area contributed by atoms with Crippen molar-refractivity contribution in [2.75, 3.05) is 0 Å². The van der Waals surface area contributed by atoms with Gasteiger partial charge in [-0.2, -0.15) is 0 Å². The Kier molecular flexibility index (Phi) is 5.01. The number of hydrogen-bond acceptors (Lipinski definition) is 3. The normalized spacial score (nSPS) is 31.1. The molecule has 0 spiro atoms. The molecule has 0 amide bonds. The van der Waals surface area contributed by atoms with Crippen molar-refractivity contribution in [1.29, 1.82) is 0 Å². The number of hydrogen-bond donors (Lipinski definition) is 2. The van der Waals surface area contributed by atoms with E-state index >= 15 is 0 Å². The highest BCUT2D eigenvalue weighted by Crippen LogP contribution is 2.48. The Morgan fingerprint density at radius 1 is 1.00 bits per heavy atom. The third kappa shape index (κ3) is 3.75. The van der Waals surface area contributed by atoms with E-state index in [1.165, 1.54) is 0 Å². The van der Waals surface area contributed by atoms with Crippen LogP contribution in [-0.4, -0.2) is 28.2 Å². The molecule has 20 heavy (non-hydrogen) atoms. The van der Waals surface area contributed by atoms with E-state index in [0.717, 1.165) is 12.8 Å². The largest absolute Gasteiger partial charge is 0.390 e. The number of ether oxygens (including phenoxy) is 1. The van der Waals surface area contributed by atoms with Gasteiger partial charge in [-0.3, -0.25) is 0 Å². The van der Waals surface area contributed by atoms with Gasteiger partial charge in [-0.1, -0.05) is 48.5 Å². The standard InChI is InChI=1S/C17H34O3/c1-11-9-17(10-11,12(2)18)20-14(19)13(15(3,4)5)16(6,7)8/h11-14,18-19H,9-10H2,1-8H3. The van der Waals surface area contributed by atoms with Crippen LogP contribution in [0.3, 0.4) is 0 Å². The van der Waals surface area contributed by atoms with Crippen LogP contribution in [0.5, 0.6) is 0 Å². The van der Waals surface area contributed by atoms with Gasteiger partial charge < -0.3 is 14.9 Å². The Morgan fingerprint density at radius 3 is 1.65 bits per heavy atom. The minimum Gasteiger partial charge on any atom is -0.390 e. The summed E-state index contributed by atoms with van der Waals surface area (Å²) in [6.07, 6.45) is 0.247. The van der Waals surface area contributed by atoms with Crippen molar-refractivity contribution in [3.63, 3.8) is 0 Å². The van der Waals surface area contributed by atoms with E-state index in [9.17, 15) is 10.2 Å². The minimum absolute atomic E-state index is 0.00142. The van der Waals surface area contributed by atoms with Crippen LogP contribution in [0.2, 0.25) is 0 Å². The highest BCUT2D eigenvalue weighted by molar-refractivity contribution is 4.99. The highest BCUT2D eigenvalue weighted by Gasteiger charge is 2.51. The van der Waals surface area contributed by atoms with Crippen molar-refractivity contribution in [2.24, 2.45) is 22.7 Å². The first kappa shape index (κ1) is 17.9. The molecule has 1 saturated carbocycles. The zero-order valence-electron chi connectivity index (χ0n) is 14.5. The Labute approximate surface area is 124 Å². The molecule has 0 saturated heterocycles. The molecular weight excluding hydrogens is 252 g/mol. The molecular formula is C17H34O3. The minimum atomic E-state index is -0.850. The average Bonchev–Trinajstić information content (AvgIpc) is 2.08. The van der Waals surface area contributed by atoms with E-state index in [2.05, 4.69) is 48.5 Å². The zero-order chi connectivity index (χ0) is 15.9. The third-order valence-electron chi connectivity index (χ3n) is 4.66. The summed E-state index contributed by atoms with van der Waals surface area (Å²) < 4.78 is 6.03. The van der Waals surface area contributed by atoms with Gasteiger partial charge in [0.25, 0.3) is 0 Å². The van der Waals surface area contributed by atoms with E-state index in [-0.39, 0.29) is 16.7 Å². The molecule has 0 aromatic heterocycles. The average molecular weight is 286 g/mol. The summed E-state index contributed by atoms with van der Waals surface area (Å²) >= 11 is 0. The monoisotopic (exact) mass is 286 g/mol. The number of aliphatic hydroxyl groups excluding tert-OH is 2. The van der Waals surface area contributed by atoms with Crippen LogP contribution in [0.4, 0.5) is 0 Å². The van der Waals surface area contributed by atoms with Crippen molar-refractivity contribution in [2.45, 2.75) is 86.2 Å². The Hall–Kier alpha value is -0.120. The molecule has 0 aromatic carbocycles. The van der Waals surface area contributed by atoms with Gasteiger partial charge in [0.05, 0.1) is 11.7 Å². The van der Waals surface area contributed by atoms with Crippen LogP contribution in [0.25, 0.3) is 0 Å². The SMILES string of the molecule is CC1CC(OC(O)C(C(C)(C)C)C(C)(C)C)(C(C)O)C1. The molecule has 1 aliphatic carbocycles. The van der Waals surface area contributed by atoms with E-state index in [1.54, 1.807) is 6.92 Å². The molecule has 2 atom stereocenters. The van der Waals surface area contributed by atoms with Crippen LogP contribution in [0, 0.1) is 22.7 Å². The Balaban J connectivity index is 2.89. The van der Waals surface area contributed by atoms with Crippen LogP contribution in [0.15, 0.2) is 0 Å². The van der Waals surface area contributed by atoms with E-state index in [4.69, 9.17) is 4.74 Å². The van der Waals surface area contributed by atoms with Crippen LogP contribution >= 0.6 is 0 Å². The van der Waals surface area contributed by atoms with Crippen LogP contribution in [-0.2, 0) is 4.74 Å². The molecule has 0 aliphatic heterocycles. The summed E-state index contributed by atoms with van der Waals surface area (Å²) in [7, 11) is 0. The van der Waals surface area contributed by atoms with Gasteiger partial charge in [0, 0.05) is 5.92 Å². The second kappa shape index (κ2) is 5.58. The van der Waals surface area contributed by atoms with Gasteiger partial charge in [-0.15, -0.1) is 0 Å². The fourth-order valence-electron chi connectivity index (χ4n) is 4.12. The van der Waals surface area contributed by atoms with Gasteiger partial charge in [-0.05, 0) is 36.5 Å². The molecule has 0 bridgehead atoms. The Bertz CT molecular complexity index is 302. The first-order valence-corrected chi connectivity index (χ1v) is 7.83. The van der Waals surface area contributed by atoms with E-state index in [1.807, 2.05) is 0 Å². The summed E-state index contributed by atoms with van der Waals surface area (Å²) in [5.41, 5.74) is -0.687. The predicted octanol–water partition coefficient (Wildman–Crippen LogP) is 3.58. The molecule has 0 heterocycles. The molecule has 120 valence electrons. The lowest BCUT2D eigenvalue weighted by molar-refractivity contribution is -0.291. The van der Waals surface area contributed by atoms with Crippen LogP contribution in [0.1, 0.15) is 68.2 Å². The molecule has 2 unspecified atom stereocenters. The predicted molar refractivity (Wildman–Crippen MR) is 82.3 cm³/mol. The van der Waals surface area contributed by atoms with Crippen molar-refractivity contribution in [3.8, 4) is 0 Å². The third-order valence-corrected chi connectivity index (χ3v) is 4.66. The maximum Gasteiger partial charge on any atom is 0.159 e. The number of aliphatic hydroxyl groups is 2. The lowest BCUT2D eigenvalue weighted by Crippen LogP contribution is -2.57. The lowest BCUT2D eigenvalue weighted by atomic mass is 9.65. The molecule has 3 nitrogen and oxygen atoms in total. The van der Waals surface area contributed by atoms with Gasteiger partial charge in [-0.25, -0.2) is 0 Å². The molecule has 3 heteroatoms. The highest BCUT2D eigenvalue weighted by atomic mass is 16.6. The molecule has 1 rings (SSSR count). The smallest absolute Gasteiger partial charge is 0.159 e. The van der Waals surface area contributed by atoms with Gasteiger partial charge in [0.15, 0.2) is 6.29 Å². The quantitative estimate of drug-likeness (QED) is 0.777. The van der Waals surface area contributed by atoms with Crippen LogP contribution < -0.4 is 0 Å². The van der Waals surface area contributed by atoms with E-state index in [0.29, 0.717) is 5.92 Å². The zero-order valence-corrected chi connectivity index (χ0v) is 14.5. The fraction of sp³-hybridized carbons (Fsp3) is 1.00. The van der Waals surface area contributed by atoms with Crippen molar-refractivity contribution in [1.82, 2.24) is 0 Å². The van der Waals surface area contributed by atoms with Gasteiger partial charge in [0.1, 0.15) is 0 Å².